The van der Waals surface area contributed by atoms with E-state index in [1.165, 1.54) is 13.2 Å². The molecule has 0 saturated carbocycles. The summed E-state index contributed by atoms with van der Waals surface area (Å²) in [5.41, 5.74) is -0.0789. The number of methoxy groups -OCH3 is 1. The average molecular weight is 269 g/mol. The zero-order valence-electron chi connectivity index (χ0n) is 11.0. The van der Waals surface area contributed by atoms with Gasteiger partial charge < -0.3 is 4.74 Å². The molecule has 0 bridgehead atoms. The molecule has 0 aliphatic rings. The quantitative estimate of drug-likeness (QED) is 0.620. The van der Waals surface area contributed by atoms with Crippen molar-refractivity contribution in [1.82, 2.24) is 0 Å². The van der Waals surface area contributed by atoms with Crippen molar-refractivity contribution in [2.45, 2.75) is 27.2 Å². The second-order valence-corrected chi connectivity index (χ2v) is 5.53. The fourth-order valence-electron chi connectivity index (χ4n) is 1.35. The maximum Gasteiger partial charge on any atom is 0.170 e. The van der Waals surface area contributed by atoms with Crippen LogP contribution in [0.1, 0.15) is 37.6 Å². The second kappa shape index (κ2) is 5.53. The van der Waals surface area contributed by atoms with Crippen LogP contribution in [-0.4, -0.2) is 18.7 Å². The summed E-state index contributed by atoms with van der Waals surface area (Å²) in [6, 6.07) is 4.76. The average Bonchev–Trinajstić information content (AvgIpc) is 2.27. The highest BCUT2D eigenvalue weighted by molar-refractivity contribution is 6.32. The topological polar surface area (TPSA) is 43.4 Å². The molecule has 18 heavy (non-hydrogen) atoms. The summed E-state index contributed by atoms with van der Waals surface area (Å²) in [5.74, 6) is 0.203. The van der Waals surface area contributed by atoms with Gasteiger partial charge in [0.05, 0.1) is 18.6 Å². The number of halogens is 1. The van der Waals surface area contributed by atoms with E-state index in [0.717, 1.165) is 0 Å². The lowest BCUT2D eigenvalue weighted by Crippen LogP contribution is -2.23. The van der Waals surface area contributed by atoms with E-state index in [4.69, 9.17) is 16.3 Å². The number of rotatable bonds is 4. The highest BCUT2D eigenvalue weighted by Gasteiger charge is 2.24. The van der Waals surface area contributed by atoms with Gasteiger partial charge in [-0.05, 0) is 18.2 Å². The first-order valence-electron chi connectivity index (χ1n) is 5.65. The molecule has 0 heterocycles. The van der Waals surface area contributed by atoms with Gasteiger partial charge >= 0.3 is 0 Å². The van der Waals surface area contributed by atoms with Crippen molar-refractivity contribution >= 4 is 23.2 Å². The van der Waals surface area contributed by atoms with E-state index >= 15 is 0 Å². The molecule has 98 valence electrons. The highest BCUT2D eigenvalue weighted by atomic mass is 35.5. The summed E-state index contributed by atoms with van der Waals surface area (Å²) >= 11 is 5.94. The predicted molar refractivity (Wildman–Crippen MR) is 71.4 cm³/mol. The largest absolute Gasteiger partial charge is 0.495 e. The van der Waals surface area contributed by atoms with Gasteiger partial charge in [-0.3, -0.25) is 9.59 Å². The number of benzene rings is 1. The Kier molecular flexibility index (Phi) is 4.52. The van der Waals surface area contributed by atoms with Crippen LogP contribution < -0.4 is 4.74 Å². The minimum absolute atomic E-state index is 0.0839. The first kappa shape index (κ1) is 14.7. The maximum atomic E-state index is 11.9. The van der Waals surface area contributed by atoms with Gasteiger partial charge in [0.2, 0.25) is 0 Å². The molecular formula is C14H17ClO3. The third-order valence-electron chi connectivity index (χ3n) is 2.63. The molecule has 4 heteroatoms. The van der Waals surface area contributed by atoms with E-state index in [2.05, 4.69) is 0 Å². The Morgan fingerprint density at radius 3 is 2.33 bits per heavy atom. The minimum atomic E-state index is -0.508. The van der Waals surface area contributed by atoms with E-state index < -0.39 is 5.41 Å². The van der Waals surface area contributed by atoms with Crippen molar-refractivity contribution in [2.75, 3.05) is 7.11 Å². The first-order chi connectivity index (χ1) is 8.25. The van der Waals surface area contributed by atoms with Crippen molar-refractivity contribution in [2.24, 2.45) is 5.41 Å². The van der Waals surface area contributed by atoms with Crippen LogP contribution in [0.2, 0.25) is 5.02 Å². The minimum Gasteiger partial charge on any atom is -0.495 e. The van der Waals surface area contributed by atoms with Gasteiger partial charge in [0.15, 0.2) is 5.78 Å². The van der Waals surface area contributed by atoms with Crippen molar-refractivity contribution in [3.8, 4) is 5.75 Å². The van der Waals surface area contributed by atoms with E-state index in [1.54, 1.807) is 32.9 Å². The molecule has 0 aliphatic heterocycles. The molecule has 0 spiro atoms. The molecule has 0 unspecified atom stereocenters. The van der Waals surface area contributed by atoms with Crippen LogP contribution in [0.25, 0.3) is 0 Å². The molecule has 1 aromatic carbocycles. The maximum absolute atomic E-state index is 11.9. The van der Waals surface area contributed by atoms with Crippen molar-refractivity contribution in [1.29, 1.82) is 0 Å². The summed E-state index contributed by atoms with van der Waals surface area (Å²) in [7, 11) is 1.51. The lowest BCUT2D eigenvalue weighted by molar-refractivity contribution is -0.125. The second-order valence-electron chi connectivity index (χ2n) is 5.12. The Balaban J connectivity index is 2.86. The lowest BCUT2D eigenvalue weighted by Gasteiger charge is -2.15. The normalized spacial score (nSPS) is 11.2. The molecule has 0 aromatic heterocycles. The summed E-state index contributed by atoms with van der Waals surface area (Å²) in [4.78, 5) is 23.7. The number of hydrogen-bond acceptors (Lipinski definition) is 3. The fourth-order valence-corrected chi connectivity index (χ4v) is 1.61. The monoisotopic (exact) mass is 268 g/mol. The lowest BCUT2D eigenvalue weighted by atomic mass is 9.87. The van der Waals surface area contributed by atoms with Gasteiger partial charge in [0, 0.05) is 11.0 Å². The highest BCUT2D eigenvalue weighted by Crippen LogP contribution is 2.26. The Morgan fingerprint density at radius 1 is 1.28 bits per heavy atom. The summed E-state index contributed by atoms with van der Waals surface area (Å²) in [6.07, 6.45) is -0.105. The molecule has 0 amide bonds. The molecule has 0 atom stereocenters. The molecule has 0 fully saturated rings. The van der Waals surface area contributed by atoms with E-state index in [0.29, 0.717) is 16.3 Å². The zero-order valence-corrected chi connectivity index (χ0v) is 11.8. The Labute approximate surface area is 112 Å². The first-order valence-corrected chi connectivity index (χ1v) is 6.03. The van der Waals surface area contributed by atoms with E-state index in [1.807, 2.05) is 0 Å². The number of ketones is 2. The smallest absolute Gasteiger partial charge is 0.170 e. The number of Topliss-reactive ketones (excluding diaryl/α,β-unsaturated/α-hetero) is 2. The van der Waals surface area contributed by atoms with Crippen molar-refractivity contribution < 1.29 is 14.3 Å². The van der Waals surface area contributed by atoms with Crippen LogP contribution >= 0.6 is 11.6 Å². The molecular weight excluding hydrogens is 252 g/mol. The summed E-state index contributed by atoms with van der Waals surface area (Å²) in [5, 5.41) is 0.367. The molecule has 0 N–H and O–H groups in total. The molecule has 3 nitrogen and oxygen atoms in total. The van der Waals surface area contributed by atoms with Crippen molar-refractivity contribution in [3.63, 3.8) is 0 Å². The fraction of sp³-hybridized carbons (Fsp3) is 0.429. The Bertz CT molecular complexity index is 472. The van der Waals surface area contributed by atoms with Gasteiger partial charge in [-0.1, -0.05) is 32.4 Å². The molecule has 0 saturated heterocycles. The van der Waals surface area contributed by atoms with Gasteiger partial charge in [-0.15, -0.1) is 0 Å². The Hall–Kier alpha value is -1.35. The summed E-state index contributed by atoms with van der Waals surface area (Å²) < 4.78 is 5.00. The number of carbonyl (C=O) groups excluding carboxylic acids is 2. The van der Waals surface area contributed by atoms with Crippen LogP contribution in [0.3, 0.4) is 0 Å². The number of ether oxygens (including phenoxy) is 1. The SMILES string of the molecule is COc1ccc(C(=O)CC(=O)C(C)(C)C)cc1Cl. The predicted octanol–water partition coefficient (Wildman–Crippen LogP) is 3.54. The van der Waals surface area contributed by atoms with Gasteiger partial charge in [-0.2, -0.15) is 0 Å². The number of carbonyl (C=O) groups is 2. The molecule has 1 rings (SSSR count). The van der Waals surface area contributed by atoms with Crippen LogP contribution in [0.4, 0.5) is 0 Å². The standard InChI is InChI=1S/C14H17ClO3/c1-14(2,3)13(17)8-11(16)9-5-6-12(18-4)10(15)7-9/h5-7H,8H2,1-4H3. The number of hydrogen-bond donors (Lipinski definition) is 0. The molecule has 0 aliphatic carbocycles. The van der Waals surface area contributed by atoms with Crippen LogP contribution in [-0.2, 0) is 4.79 Å². The Morgan fingerprint density at radius 2 is 1.89 bits per heavy atom. The van der Waals surface area contributed by atoms with E-state index in [9.17, 15) is 9.59 Å². The van der Waals surface area contributed by atoms with Gasteiger partial charge in [0.25, 0.3) is 0 Å². The molecule has 0 radical (unpaired) electrons. The summed E-state index contributed by atoms with van der Waals surface area (Å²) in [6.45, 7) is 5.39. The van der Waals surface area contributed by atoms with Gasteiger partial charge in [-0.25, -0.2) is 0 Å². The molecule has 1 aromatic rings. The van der Waals surface area contributed by atoms with E-state index in [-0.39, 0.29) is 18.0 Å². The van der Waals surface area contributed by atoms with Crippen LogP contribution in [0, 0.1) is 5.41 Å². The van der Waals surface area contributed by atoms with Crippen molar-refractivity contribution in [3.05, 3.63) is 28.8 Å². The van der Waals surface area contributed by atoms with Crippen LogP contribution in [0.5, 0.6) is 5.75 Å². The zero-order chi connectivity index (χ0) is 13.9. The third kappa shape index (κ3) is 3.57. The van der Waals surface area contributed by atoms with Crippen LogP contribution in [0.15, 0.2) is 18.2 Å². The van der Waals surface area contributed by atoms with Gasteiger partial charge in [0.1, 0.15) is 11.5 Å². The third-order valence-corrected chi connectivity index (χ3v) is 2.93.